The van der Waals surface area contributed by atoms with Gasteiger partial charge in [-0.3, -0.25) is 9.78 Å². The molecule has 10 heteroatoms. The van der Waals surface area contributed by atoms with E-state index in [2.05, 4.69) is 25.6 Å². The van der Waals surface area contributed by atoms with Crippen LogP contribution in [0.5, 0.6) is 5.75 Å². The highest BCUT2D eigenvalue weighted by molar-refractivity contribution is 5.94. The fraction of sp³-hybridized carbons (Fsp3) is 0.517. The van der Waals surface area contributed by atoms with Crippen LogP contribution in [0.1, 0.15) is 63.2 Å². The predicted octanol–water partition coefficient (Wildman–Crippen LogP) is 4.36. The zero-order valence-corrected chi connectivity index (χ0v) is 23.1. The first kappa shape index (κ1) is 28.5. The molecule has 1 aliphatic carbocycles. The molecule has 39 heavy (non-hydrogen) atoms. The van der Waals surface area contributed by atoms with Crippen molar-refractivity contribution in [1.29, 1.82) is 0 Å². The van der Waals surface area contributed by atoms with Crippen LogP contribution >= 0.6 is 0 Å². The summed E-state index contributed by atoms with van der Waals surface area (Å²) in [6.45, 7) is 8.31. The maximum absolute atomic E-state index is 12.4. The molecular formula is C29H40N6O4. The maximum Gasteiger partial charge on any atom is 0.254 e. The van der Waals surface area contributed by atoms with Gasteiger partial charge in [-0.2, -0.15) is 0 Å². The van der Waals surface area contributed by atoms with E-state index >= 15 is 0 Å². The SMILES string of the molecule is CC1OCCC1NC(=O)c1cnc(NC2CCC(Oc3cc(N)cc4cccnc34)CC2)nc1.CCOCC. The van der Waals surface area contributed by atoms with Crippen molar-refractivity contribution in [3.05, 3.63) is 48.4 Å². The molecular weight excluding hydrogens is 496 g/mol. The van der Waals surface area contributed by atoms with Crippen LogP contribution < -0.4 is 21.1 Å². The van der Waals surface area contributed by atoms with Crippen molar-refractivity contribution in [3.8, 4) is 5.75 Å². The number of carbonyl (C=O) groups is 1. The van der Waals surface area contributed by atoms with Gasteiger partial charge in [-0.15, -0.1) is 0 Å². The topological polar surface area (TPSA) is 134 Å². The number of anilines is 2. The molecule has 3 heterocycles. The number of nitrogens with two attached hydrogens (primary N) is 1. The molecule has 2 aliphatic rings. The largest absolute Gasteiger partial charge is 0.488 e. The second-order valence-electron chi connectivity index (χ2n) is 9.85. The maximum atomic E-state index is 12.4. The number of fused-ring (bicyclic) bond motifs is 1. The Morgan fingerprint density at radius 3 is 2.46 bits per heavy atom. The van der Waals surface area contributed by atoms with Crippen LogP contribution in [-0.2, 0) is 9.47 Å². The van der Waals surface area contributed by atoms with Gasteiger partial charge in [0.15, 0.2) is 0 Å². The molecule has 0 radical (unpaired) electrons. The summed E-state index contributed by atoms with van der Waals surface area (Å²) in [5.74, 6) is 1.10. The van der Waals surface area contributed by atoms with Crippen molar-refractivity contribution in [3.63, 3.8) is 0 Å². The van der Waals surface area contributed by atoms with Crippen molar-refractivity contribution in [1.82, 2.24) is 20.3 Å². The summed E-state index contributed by atoms with van der Waals surface area (Å²) in [5.41, 5.74) is 8.01. The number of ether oxygens (including phenoxy) is 3. The molecule has 2 unspecified atom stereocenters. The summed E-state index contributed by atoms with van der Waals surface area (Å²) in [7, 11) is 0. The number of benzene rings is 1. The number of rotatable bonds is 8. The zero-order chi connectivity index (χ0) is 27.6. The fourth-order valence-corrected chi connectivity index (χ4v) is 4.85. The first-order valence-corrected chi connectivity index (χ1v) is 13.9. The Bertz CT molecular complexity index is 1200. The van der Waals surface area contributed by atoms with E-state index in [4.69, 9.17) is 19.9 Å². The number of nitrogens with one attached hydrogen (secondary N) is 2. The standard InChI is InChI=1S/C25H30N6O3.C4H10O/c1-15-21(8-10-33-15)31-24(32)17-13-28-25(29-14-17)30-19-4-6-20(7-5-19)34-22-12-18(26)11-16-3-2-9-27-23(16)22;1-3-5-4-2/h2-3,9,11-15,19-21H,4-8,10,26H2,1H3,(H,31,32)(H,28,29,30);3-4H2,1-2H3. The minimum atomic E-state index is -0.171. The van der Waals surface area contributed by atoms with Crippen molar-refractivity contribution in [2.45, 2.75) is 77.2 Å². The summed E-state index contributed by atoms with van der Waals surface area (Å²) in [6.07, 6.45) is 9.54. The van der Waals surface area contributed by atoms with Gasteiger partial charge in [0.05, 0.1) is 23.8 Å². The van der Waals surface area contributed by atoms with E-state index in [1.807, 2.05) is 45.0 Å². The molecule has 4 N–H and O–H groups in total. The molecule has 3 aromatic rings. The summed E-state index contributed by atoms with van der Waals surface area (Å²) >= 11 is 0. The van der Waals surface area contributed by atoms with E-state index in [-0.39, 0.29) is 30.2 Å². The molecule has 10 nitrogen and oxygen atoms in total. The third kappa shape index (κ3) is 8.00. The van der Waals surface area contributed by atoms with Gasteiger partial charge in [-0.05, 0) is 65.0 Å². The lowest BCUT2D eigenvalue weighted by Crippen LogP contribution is -2.39. The monoisotopic (exact) mass is 536 g/mol. The molecule has 1 saturated heterocycles. The van der Waals surface area contributed by atoms with E-state index in [1.165, 1.54) is 0 Å². The van der Waals surface area contributed by atoms with E-state index < -0.39 is 0 Å². The van der Waals surface area contributed by atoms with E-state index in [9.17, 15) is 4.79 Å². The van der Waals surface area contributed by atoms with Crippen LogP contribution in [0.25, 0.3) is 10.9 Å². The second kappa shape index (κ2) is 14.0. The highest BCUT2D eigenvalue weighted by atomic mass is 16.5. The van der Waals surface area contributed by atoms with E-state index in [1.54, 1.807) is 18.6 Å². The molecule has 2 aromatic heterocycles. The fourth-order valence-electron chi connectivity index (χ4n) is 4.85. The molecule has 2 atom stereocenters. The lowest BCUT2D eigenvalue weighted by molar-refractivity contribution is 0.0865. The quantitative estimate of drug-likeness (QED) is 0.359. The van der Waals surface area contributed by atoms with Crippen LogP contribution in [0.4, 0.5) is 11.6 Å². The van der Waals surface area contributed by atoms with E-state index in [0.29, 0.717) is 23.8 Å². The zero-order valence-electron chi connectivity index (χ0n) is 23.1. The Balaban J connectivity index is 0.000000648. The normalized spacial score (nSPS) is 22.5. The molecule has 5 rings (SSSR count). The van der Waals surface area contributed by atoms with Crippen molar-refractivity contribution < 1.29 is 19.0 Å². The minimum Gasteiger partial charge on any atom is -0.488 e. The Kier molecular flexibility index (Phi) is 10.3. The average Bonchev–Trinajstić information content (AvgIpc) is 3.35. The minimum absolute atomic E-state index is 0.0270. The van der Waals surface area contributed by atoms with Crippen LogP contribution in [0.3, 0.4) is 0 Å². The predicted molar refractivity (Wildman–Crippen MR) is 152 cm³/mol. The van der Waals surface area contributed by atoms with Gasteiger partial charge in [0.25, 0.3) is 5.91 Å². The third-order valence-corrected chi connectivity index (χ3v) is 7.01. The summed E-state index contributed by atoms with van der Waals surface area (Å²) in [4.78, 5) is 25.6. The first-order chi connectivity index (χ1) is 19.0. The summed E-state index contributed by atoms with van der Waals surface area (Å²) in [6, 6.07) is 7.94. The average molecular weight is 537 g/mol. The second-order valence-corrected chi connectivity index (χ2v) is 9.85. The molecule has 1 aromatic carbocycles. The molecule has 2 fully saturated rings. The van der Waals surface area contributed by atoms with Gasteiger partial charge in [0, 0.05) is 61.6 Å². The highest BCUT2D eigenvalue weighted by Crippen LogP contribution is 2.31. The number of amides is 1. The van der Waals surface area contributed by atoms with Crippen LogP contribution in [0.15, 0.2) is 42.9 Å². The van der Waals surface area contributed by atoms with Crippen LogP contribution in [0.2, 0.25) is 0 Å². The highest BCUT2D eigenvalue weighted by Gasteiger charge is 2.27. The van der Waals surface area contributed by atoms with Gasteiger partial charge in [-0.25, -0.2) is 9.97 Å². The number of nitrogen functional groups attached to an aromatic ring is 1. The first-order valence-electron chi connectivity index (χ1n) is 13.9. The Morgan fingerprint density at radius 2 is 1.82 bits per heavy atom. The smallest absolute Gasteiger partial charge is 0.254 e. The molecule has 210 valence electrons. The van der Waals surface area contributed by atoms with Gasteiger partial charge >= 0.3 is 0 Å². The number of pyridine rings is 1. The number of hydrogen-bond acceptors (Lipinski definition) is 9. The van der Waals surface area contributed by atoms with Gasteiger partial charge in [0.2, 0.25) is 5.95 Å². The molecule has 1 aliphatic heterocycles. The molecule has 0 bridgehead atoms. The summed E-state index contributed by atoms with van der Waals surface area (Å²) in [5, 5.41) is 7.36. The van der Waals surface area contributed by atoms with E-state index in [0.717, 1.165) is 62.0 Å². The molecule has 0 spiro atoms. The Labute approximate surface area is 230 Å². The lowest BCUT2D eigenvalue weighted by atomic mass is 9.93. The number of carbonyl (C=O) groups excluding carboxylic acids is 1. The summed E-state index contributed by atoms with van der Waals surface area (Å²) < 4.78 is 16.6. The number of aromatic nitrogens is 3. The Morgan fingerprint density at radius 1 is 1.08 bits per heavy atom. The van der Waals surface area contributed by atoms with Crippen LogP contribution in [-0.4, -0.2) is 65.0 Å². The van der Waals surface area contributed by atoms with Crippen LogP contribution in [0, 0.1) is 0 Å². The van der Waals surface area contributed by atoms with Crippen molar-refractivity contribution >= 4 is 28.4 Å². The number of hydrogen-bond donors (Lipinski definition) is 3. The lowest BCUT2D eigenvalue weighted by Gasteiger charge is -2.29. The third-order valence-electron chi connectivity index (χ3n) is 7.01. The number of nitrogens with zero attached hydrogens (tertiary/aromatic N) is 3. The van der Waals surface area contributed by atoms with Gasteiger partial charge in [0.1, 0.15) is 11.3 Å². The van der Waals surface area contributed by atoms with Gasteiger partial charge < -0.3 is 30.6 Å². The van der Waals surface area contributed by atoms with Gasteiger partial charge in [-0.1, -0.05) is 6.07 Å². The Hall–Kier alpha value is -3.50. The molecule has 1 amide bonds. The molecule has 1 saturated carbocycles. The van der Waals surface area contributed by atoms with Crippen molar-refractivity contribution in [2.24, 2.45) is 0 Å². The van der Waals surface area contributed by atoms with Crippen molar-refractivity contribution in [2.75, 3.05) is 30.9 Å².